The van der Waals surface area contributed by atoms with Crippen LogP contribution in [0.4, 0.5) is 0 Å². The smallest absolute Gasteiger partial charge is 0.257 e. The van der Waals surface area contributed by atoms with Crippen molar-refractivity contribution in [3.05, 3.63) is 39.5 Å². The van der Waals surface area contributed by atoms with Crippen LogP contribution in [0.25, 0.3) is 10.8 Å². The van der Waals surface area contributed by atoms with Crippen LogP contribution in [-0.2, 0) is 10.3 Å². The van der Waals surface area contributed by atoms with Crippen LogP contribution in [0.1, 0.15) is 39.7 Å². The summed E-state index contributed by atoms with van der Waals surface area (Å²) in [4.78, 5) is 30.6. The molecule has 2 aromatic rings. The van der Waals surface area contributed by atoms with Crippen LogP contribution in [0.15, 0.2) is 23.3 Å². The number of nitrogens with one attached hydrogen (secondary N) is 1. The standard InChI is InChI=1S/C11H12ClN3O.C6H11NO/c1-11(2,13)8-5-15-10(16)7-4-14-9(12)3-6(7)8;1-5-3-4-7(5)6(2)8/h3-5H,13H2,1-2H3,(H,15,16);5H,3-4H2,1-2H3. The lowest BCUT2D eigenvalue weighted by molar-refractivity contribution is -0.135. The van der Waals surface area contributed by atoms with Gasteiger partial charge in [0.25, 0.3) is 5.56 Å². The molecule has 0 saturated carbocycles. The molecule has 1 amide bonds. The highest BCUT2D eigenvalue weighted by atomic mass is 35.5. The highest BCUT2D eigenvalue weighted by molar-refractivity contribution is 6.30. The van der Waals surface area contributed by atoms with Crippen molar-refractivity contribution in [1.29, 1.82) is 0 Å². The molecular formula is C17H23ClN4O2. The molecule has 2 aromatic heterocycles. The lowest BCUT2D eigenvalue weighted by Gasteiger charge is -2.37. The Labute approximate surface area is 146 Å². The number of pyridine rings is 2. The third-order valence-electron chi connectivity index (χ3n) is 4.17. The fourth-order valence-electron chi connectivity index (χ4n) is 2.64. The third kappa shape index (κ3) is 3.94. The molecule has 0 bridgehead atoms. The zero-order valence-electron chi connectivity index (χ0n) is 14.4. The van der Waals surface area contributed by atoms with E-state index in [0.29, 0.717) is 16.6 Å². The number of fused-ring (bicyclic) bond motifs is 1. The number of halogens is 1. The van der Waals surface area contributed by atoms with Crippen molar-refractivity contribution in [2.24, 2.45) is 5.73 Å². The number of rotatable bonds is 1. The molecule has 1 fully saturated rings. The molecule has 3 rings (SSSR count). The van der Waals surface area contributed by atoms with Gasteiger partial charge in [0.1, 0.15) is 5.15 Å². The Morgan fingerprint density at radius 3 is 2.54 bits per heavy atom. The summed E-state index contributed by atoms with van der Waals surface area (Å²) in [6.45, 7) is 8.40. The summed E-state index contributed by atoms with van der Waals surface area (Å²) in [5.74, 6) is 0.212. The van der Waals surface area contributed by atoms with Gasteiger partial charge in [0.2, 0.25) is 5.91 Å². The maximum atomic E-state index is 11.6. The normalized spacial score (nSPS) is 17.1. The van der Waals surface area contributed by atoms with Gasteiger partial charge in [-0.2, -0.15) is 0 Å². The lowest BCUT2D eigenvalue weighted by atomic mass is 9.93. The Morgan fingerprint density at radius 1 is 1.46 bits per heavy atom. The van der Waals surface area contributed by atoms with Crippen LogP contribution in [0, 0.1) is 0 Å². The number of amides is 1. The maximum absolute atomic E-state index is 11.6. The summed E-state index contributed by atoms with van der Waals surface area (Å²) in [7, 11) is 0. The third-order valence-corrected chi connectivity index (χ3v) is 4.38. The summed E-state index contributed by atoms with van der Waals surface area (Å²) in [6, 6.07) is 2.17. The summed E-state index contributed by atoms with van der Waals surface area (Å²) < 4.78 is 0. The molecule has 1 aliphatic rings. The van der Waals surface area contributed by atoms with Gasteiger partial charge in [0, 0.05) is 37.4 Å². The maximum Gasteiger partial charge on any atom is 0.257 e. The molecule has 3 heterocycles. The molecular weight excluding hydrogens is 328 g/mol. The zero-order valence-corrected chi connectivity index (χ0v) is 15.1. The van der Waals surface area contributed by atoms with E-state index in [9.17, 15) is 9.59 Å². The van der Waals surface area contributed by atoms with Crippen molar-refractivity contribution in [2.45, 2.75) is 45.7 Å². The van der Waals surface area contributed by atoms with Gasteiger partial charge in [-0.3, -0.25) is 9.59 Å². The van der Waals surface area contributed by atoms with E-state index in [1.54, 1.807) is 19.2 Å². The topological polar surface area (TPSA) is 92.1 Å². The van der Waals surface area contributed by atoms with Crippen molar-refractivity contribution >= 4 is 28.3 Å². The van der Waals surface area contributed by atoms with Crippen LogP contribution < -0.4 is 11.3 Å². The van der Waals surface area contributed by atoms with Crippen molar-refractivity contribution < 1.29 is 4.79 Å². The van der Waals surface area contributed by atoms with E-state index in [1.807, 2.05) is 18.7 Å². The minimum Gasteiger partial charge on any atom is -0.340 e. The fourth-order valence-corrected chi connectivity index (χ4v) is 2.80. The molecule has 24 heavy (non-hydrogen) atoms. The van der Waals surface area contributed by atoms with E-state index in [-0.39, 0.29) is 11.5 Å². The van der Waals surface area contributed by atoms with Crippen molar-refractivity contribution in [1.82, 2.24) is 14.9 Å². The molecule has 1 unspecified atom stereocenters. The molecule has 1 saturated heterocycles. The minimum absolute atomic E-state index is 0.188. The molecule has 0 radical (unpaired) electrons. The van der Waals surface area contributed by atoms with E-state index in [0.717, 1.165) is 17.5 Å². The number of H-pyrrole nitrogens is 1. The number of hydrogen-bond donors (Lipinski definition) is 2. The SMILES string of the molecule is CC(=O)N1CCC1C.CC(C)(N)c1c[nH]c(=O)c2cnc(Cl)cc12. The summed E-state index contributed by atoms with van der Waals surface area (Å²) >= 11 is 5.83. The number of nitrogens with two attached hydrogens (primary N) is 1. The van der Waals surface area contributed by atoms with Gasteiger partial charge >= 0.3 is 0 Å². The number of aromatic nitrogens is 2. The Bertz CT molecular complexity index is 810. The minimum atomic E-state index is -0.548. The van der Waals surface area contributed by atoms with Gasteiger partial charge in [-0.1, -0.05) is 11.6 Å². The van der Waals surface area contributed by atoms with Crippen molar-refractivity contribution in [3.63, 3.8) is 0 Å². The van der Waals surface area contributed by atoms with Gasteiger partial charge in [-0.05, 0) is 44.2 Å². The van der Waals surface area contributed by atoms with E-state index in [1.165, 1.54) is 12.6 Å². The second-order valence-electron chi connectivity index (χ2n) is 6.66. The predicted molar refractivity (Wildman–Crippen MR) is 96.1 cm³/mol. The highest BCUT2D eigenvalue weighted by Crippen LogP contribution is 2.25. The van der Waals surface area contributed by atoms with E-state index in [2.05, 4.69) is 16.9 Å². The molecule has 1 aliphatic heterocycles. The van der Waals surface area contributed by atoms with Gasteiger partial charge < -0.3 is 15.6 Å². The van der Waals surface area contributed by atoms with Crippen molar-refractivity contribution in [2.75, 3.05) is 6.54 Å². The highest BCUT2D eigenvalue weighted by Gasteiger charge is 2.24. The number of likely N-dealkylation sites (tertiary alicyclic amines) is 1. The molecule has 7 heteroatoms. The predicted octanol–water partition coefficient (Wildman–Crippen LogP) is 2.40. The second-order valence-corrected chi connectivity index (χ2v) is 7.04. The van der Waals surface area contributed by atoms with E-state index >= 15 is 0 Å². The molecule has 3 N–H and O–H groups in total. The Balaban J connectivity index is 0.000000219. The molecule has 0 spiro atoms. The molecule has 1 atom stereocenters. The number of carbonyl (C=O) groups excluding carboxylic acids is 1. The summed E-state index contributed by atoms with van der Waals surface area (Å²) in [6.07, 6.45) is 4.27. The Hall–Kier alpha value is -1.92. The Kier molecular flexibility index (Phi) is 5.30. The quantitative estimate of drug-likeness (QED) is 0.772. The van der Waals surface area contributed by atoms with E-state index in [4.69, 9.17) is 17.3 Å². The van der Waals surface area contributed by atoms with Crippen LogP contribution >= 0.6 is 11.6 Å². The largest absolute Gasteiger partial charge is 0.340 e. The average Bonchev–Trinajstić information content (AvgIpc) is 2.44. The van der Waals surface area contributed by atoms with E-state index < -0.39 is 5.54 Å². The molecule has 0 aromatic carbocycles. The van der Waals surface area contributed by atoms with Gasteiger partial charge in [0.15, 0.2) is 0 Å². The van der Waals surface area contributed by atoms with Crippen LogP contribution in [0.2, 0.25) is 5.15 Å². The fraction of sp³-hybridized carbons (Fsp3) is 0.471. The van der Waals surface area contributed by atoms with Gasteiger partial charge in [0.05, 0.1) is 5.39 Å². The Morgan fingerprint density at radius 2 is 2.12 bits per heavy atom. The summed E-state index contributed by atoms with van der Waals surface area (Å²) in [5.41, 5.74) is 6.14. The molecule has 6 nitrogen and oxygen atoms in total. The average molecular weight is 351 g/mol. The second kappa shape index (κ2) is 6.91. The zero-order chi connectivity index (χ0) is 18.1. The molecule has 0 aliphatic carbocycles. The first-order valence-corrected chi connectivity index (χ1v) is 8.22. The number of carbonyl (C=O) groups is 1. The number of nitrogens with zero attached hydrogens (tertiary/aromatic N) is 2. The molecule has 130 valence electrons. The first-order valence-electron chi connectivity index (χ1n) is 7.84. The first-order chi connectivity index (χ1) is 11.1. The van der Waals surface area contributed by atoms with Crippen LogP contribution in [-0.4, -0.2) is 33.4 Å². The van der Waals surface area contributed by atoms with Gasteiger partial charge in [-0.15, -0.1) is 0 Å². The summed E-state index contributed by atoms with van der Waals surface area (Å²) in [5, 5.41) is 1.60. The van der Waals surface area contributed by atoms with Crippen LogP contribution in [0.5, 0.6) is 0 Å². The first kappa shape index (κ1) is 18.4. The number of hydrogen-bond acceptors (Lipinski definition) is 4. The lowest BCUT2D eigenvalue weighted by Crippen LogP contribution is -2.48. The van der Waals surface area contributed by atoms with Crippen LogP contribution in [0.3, 0.4) is 0 Å². The van der Waals surface area contributed by atoms with Gasteiger partial charge in [-0.25, -0.2) is 4.98 Å². The number of aromatic amines is 1. The monoisotopic (exact) mass is 350 g/mol. The van der Waals surface area contributed by atoms with Crippen molar-refractivity contribution in [3.8, 4) is 0 Å².